The lowest BCUT2D eigenvalue weighted by Crippen LogP contribution is -2.34. The van der Waals surface area contributed by atoms with E-state index in [0.29, 0.717) is 5.69 Å². The van der Waals surface area contributed by atoms with Gasteiger partial charge >= 0.3 is 5.97 Å². The third kappa shape index (κ3) is 4.12. The zero-order chi connectivity index (χ0) is 21.1. The first-order valence-corrected chi connectivity index (χ1v) is 9.44. The lowest BCUT2D eigenvalue weighted by molar-refractivity contribution is -0.139. The van der Waals surface area contributed by atoms with Crippen molar-refractivity contribution in [3.8, 4) is 22.8 Å². The first kappa shape index (κ1) is 20.5. The Bertz CT molecular complexity index is 1080. The molecular formula is C21H19BrN2O5. The number of carbonyl (C=O) groups excluding carboxylic acids is 1. The molecule has 3 aromatic rings. The van der Waals surface area contributed by atoms with Gasteiger partial charge in [-0.1, -0.05) is 40.2 Å². The number of hydrogen-bond donors (Lipinski definition) is 3. The number of rotatable bonds is 6. The highest BCUT2D eigenvalue weighted by Crippen LogP contribution is 2.31. The molecule has 1 amide bonds. The molecule has 8 heteroatoms. The number of ether oxygens (including phenoxy) is 1. The van der Waals surface area contributed by atoms with E-state index in [1.54, 1.807) is 23.7 Å². The molecule has 1 atom stereocenters. The highest BCUT2D eigenvalue weighted by molar-refractivity contribution is 9.10. The molecule has 29 heavy (non-hydrogen) atoms. The number of halogens is 1. The number of hydrogen-bond acceptors (Lipinski definition) is 4. The molecule has 1 heterocycles. The molecule has 3 rings (SSSR count). The van der Waals surface area contributed by atoms with E-state index in [-0.39, 0.29) is 17.1 Å². The number of nitrogens with zero attached hydrogens (tertiary/aromatic N) is 1. The maximum Gasteiger partial charge on any atom is 0.330 e. The van der Waals surface area contributed by atoms with Gasteiger partial charge in [0.2, 0.25) is 0 Å². The first-order valence-electron chi connectivity index (χ1n) is 8.64. The molecule has 0 fully saturated rings. The Morgan fingerprint density at radius 1 is 1.14 bits per heavy atom. The molecule has 0 radical (unpaired) electrons. The van der Waals surface area contributed by atoms with Crippen LogP contribution >= 0.6 is 15.9 Å². The summed E-state index contributed by atoms with van der Waals surface area (Å²) < 4.78 is 7.54. The number of methoxy groups -OCH3 is 1. The average molecular weight is 459 g/mol. The van der Waals surface area contributed by atoms with Gasteiger partial charge in [0.15, 0.2) is 17.5 Å². The van der Waals surface area contributed by atoms with Gasteiger partial charge in [0.1, 0.15) is 5.69 Å². The van der Waals surface area contributed by atoms with E-state index in [1.807, 2.05) is 24.3 Å². The molecular weight excluding hydrogens is 440 g/mol. The van der Waals surface area contributed by atoms with E-state index in [4.69, 9.17) is 4.74 Å². The predicted octanol–water partition coefficient (Wildman–Crippen LogP) is 3.72. The second kappa shape index (κ2) is 8.40. The van der Waals surface area contributed by atoms with Crippen molar-refractivity contribution >= 4 is 27.8 Å². The topological polar surface area (TPSA) is 101 Å². The number of phenols is 1. The Balaban J connectivity index is 1.89. The van der Waals surface area contributed by atoms with Crippen LogP contribution in [0, 0.1) is 0 Å². The molecule has 2 aromatic carbocycles. The van der Waals surface area contributed by atoms with Gasteiger partial charge in [-0.2, -0.15) is 0 Å². The zero-order valence-electron chi connectivity index (χ0n) is 15.7. The molecule has 0 aliphatic heterocycles. The fraction of sp³-hybridized carbons (Fsp3) is 0.143. The number of aromatic hydroxyl groups is 1. The molecule has 1 unspecified atom stereocenters. The average Bonchev–Trinajstić information content (AvgIpc) is 3.07. The smallest absolute Gasteiger partial charge is 0.330 e. The largest absolute Gasteiger partial charge is 0.504 e. The standard InChI is InChI=1S/C21H19BrN2O5/c1-24-15(13-5-3-4-6-14(13)22)8-9-16(24)20(26)23-19(21(27)28)12-7-10-18(29-2)17(25)11-12/h3-11,19,25H,1-2H3,(H,23,26)(H,27,28). The van der Waals surface area contributed by atoms with Gasteiger partial charge in [0.05, 0.1) is 7.11 Å². The highest BCUT2D eigenvalue weighted by atomic mass is 79.9. The van der Waals surface area contributed by atoms with Crippen LogP contribution in [-0.4, -0.2) is 33.8 Å². The van der Waals surface area contributed by atoms with Crippen LogP contribution in [0.5, 0.6) is 11.5 Å². The van der Waals surface area contributed by atoms with E-state index < -0.39 is 17.9 Å². The molecule has 0 saturated heterocycles. The molecule has 0 spiro atoms. The van der Waals surface area contributed by atoms with Crippen molar-refractivity contribution in [2.24, 2.45) is 7.05 Å². The fourth-order valence-corrected chi connectivity index (χ4v) is 3.55. The minimum Gasteiger partial charge on any atom is -0.504 e. The molecule has 7 nitrogen and oxygen atoms in total. The minimum absolute atomic E-state index is 0.208. The van der Waals surface area contributed by atoms with Crippen molar-refractivity contribution in [2.45, 2.75) is 6.04 Å². The number of aliphatic carboxylic acids is 1. The van der Waals surface area contributed by atoms with Crippen molar-refractivity contribution in [3.05, 3.63) is 70.3 Å². The fourth-order valence-electron chi connectivity index (χ4n) is 3.06. The molecule has 150 valence electrons. The SMILES string of the molecule is COc1ccc(C(NC(=O)c2ccc(-c3ccccc3Br)n2C)C(=O)O)cc1O. The Labute approximate surface area is 175 Å². The van der Waals surface area contributed by atoms with Crippen molar-refractivity contribution < 1.29 is 24.5 Å². The summed E-state index contributed by atoms with van der Waals surface area (Å²) in [6, 6.07) is 13.9. The van der Waals surface area contributed by atoms with Crippen molar-refractivity contribution in [1.82, 2.24) is 9.88 Å². The third-order valence-corrected chi connectivity index (χ3v) is 5.25. The molecule has 0 saturated carbocycles. The number of carboxylic acid groups (broad SMARTS) is 1. The quantitative estimate of drug-likeness (QED) is 0.522. The second-order valence-corrected chi connectivity index (χ2v) is 7.17. The lowest BCUT2D eigenvalue weighted by atomic mass is 10.1. The van der Waals surface area contributed by atoms with Crippen LogP contribution in [0.3, 0.4) is 0 Å². The van der Waals surface area contributed by atoms with Crippen LogP contribution in [0.4, 0.5) is 0 Å². The third-order valence-electron chi connectivity index (χ3n) is 4.56. The minimum atomic E-state index is -1.33. The summed E-state index contributed by atoms with van der Waals surface area (Å²) in [6.45, 7) is 0. The van der Waals surface area contributed by atoms with Gasteiger partial charge in [0.25, 0.3) is 5.91 Å². The Hall–Kier alpha value is -3.26. The monoisotopic (exact) mass is 458 g/mol. The van der Waals surface area contributed by atoms with Gasteiger partial charge in [-0.25, -0.2) is 4.79 Å². The summed E-state index contributed by atoms with van der Waals surface area (Å²) >= 11 is 3.50. The summed E-state index contributed by atoms with van der Waals surface area (Å²) in [7, 11) is 3.13. The van der Waals surface area contributed by atoms with Crippen molar-refractivity contribution in [2.75, 3.05) is 7.11 Å². The Kier molecular flexibility index (Phi) is 5.93. The zero-order valence-corrected chi connectivity index (χ0v) is 17.3. The Morgan fingerprint density at radius 2 is 1.86 bits per heavy atom. The number of benzene rings is 2. The highest BCUT2D eigenvalue weighted by Gasteiger charge is 2.25. The molecule has 0 aliphatic carbocycles. The predicted molar refractivity (Wildman–Crippen MR) is 111 cm³/mol. The van der Waals surface area contributed by atoms with Gasteiger partial charge in [-0.3, -0.25) is 4.79 Å². The van der Waals surface area contributed by atoms with E-state index in [1.165, 1.54) is 25.3 Å². The second-order valence-electron chi connectivity index (χ2n) is 6.32. The molecule has 0 bridgehead atoms. The van der Waals surface area contributed by atoms with Crippen LogP contribution < -0.4 is 10.1 Å². The number of phenolic OH excluding ortho intramolecular Hbond substituents is 1. The van der Waals surface area contributed by atoms with Crippen molar-refractivity contribution in [3.63, 3.8) is 0 Å². The van der Waals surface area contributed by atoms with Gasteiger partial charge in [-0.15, -0.1) is 0 Å². The summed E-state index contributed by atoms with van der Waals surface area (Å²) in [5.74, 6) is -1.79. The van der Waals surface area contributed by atoms with Gasteiger partial charge < -0.3 is 24.8 Å². The maximum absolute atomic E-state index is 12.8. The van der Waals surface area contributed by atoms with Crippen LogP contribution in [-0.2, 0) is 11.8 Å². The number of carbonyl (C=O) groups is 2. The summed E-state index contributed by atoms with van der Waals surface area (Å²) in [4.78, 5) is 24.5. The van der Waals surface area contributed by atoms with E-state index in [2.05, 4.69) is 21.2 Å². The van der Waals surface area contributed by atoms with Gasteiger partial charge in [-0.05, 0) is 35.9 Å². The maximum atomic E-state index is 12.8. The lowest BCUT2D eigenvalue weighted by Gasteiger charge is -2.17. The van der Waals surface area contributed by atoms with Gasteiger partial charge in [0, 0.05) is 22.8 Å². The number of aromatic nitrogens is 1. The van der Waals surface area contributed by atoms with Crippen LogP contribution in [0.25, 0.3) is 11.3 Å². The van der Waals surface area contributed by atoms with Crippen LogP contribution in [0.1, 0.15) is 22.1 Å². The summed E-state index contributed by atoms with van der Waals surface area (Å²) in [5.41, 5.74) is 2.24. The van der Waals surface area contributed by atoms with E-state index in [0.717, 1.165) is 15.7 Å². The normalized spacial score (nSPS) is 11.7. The van der Waals surface area contributed by atoms with Crippen molar-refractivity contribution in [1.29, 1.82) is 0 Å². The molecule has 3 N–H and O–H groups in total. The summed E-state index contributed by atoms with van der Waals surface area (Å²) in [5, 5.41) is 22.0. The Morgan fingerprint density at radius 3 is 2.48 bits per heavy atom. The first-order chi connectivity index (χ1) is 13.8. The van der Waals surface area contributed by atoms with Crippen LogP contribution in [0.2, 0.25) is 0 Å². The van der Waals surface area contributed by atoms with E-state index in [9.17, 15) is 19.8 Å². The number of amides is 1. The van der Waals surface area contributed by atoms with Crippen LogP contribution in [0.15, 0.2) is 59.1 Å². The molecule has 0 aliphatic rings. The van der Waals surface area contributed by atoms with E-state index >= 15 is 0 Å². The number of carboxylic acids is 1. The number of nitrogens with one attached hydrogen (secondary N) is 1. The summed E-state index contributed by atoms with van der Waals surface area (Å²) in [6.07, 6.45) is 0. The molecule has 1 aromatic heterocycles.